The van der Waals surface area contributed by atoms with Gasteiger partial charge in [0.2, 0.25) is 0 Å². The summed E-state index contributed by atoms with van der Waals surface area (Å²) in [6.07, 6.45) is 4.96. The van der Waals surface area contributed by atoms with Gasteiger partial charge in [-0.15, -0.1) is 0 Å². The van der Waals surface area contributed by atoms with Crippen LogP contribution in [0, 0.1) is 0 Å². The van der Waals surface area contributed by atoms with E-state index in [0.717, 1.165) is 79.6 Å². The van der Waals surface area contributed by atoms with Crippen LogP contribution in [-0.2, 0) is 16.8 Å². The van der Waals surface area contributed by atoms with Crippen LogP contribution < -0.4 is 4.72 Å². The number of likely N-dealkylation sites (N-methyl/N-ethyl adjacent to an activating group) is 1. The molecule has 1 aromatic heterocycles. The normalized spacial score (nSPS) is 14.3. The van der Waals surface area contributed by atoms with Crippen LogP contribution in [-0.4, -0.2) is 73.0 Å². The molecule has 3 aromatic rings. The smallest absolute Gasteiger partial charge is 0.333 e. The fourth-order valence-electron chi connectivity index (χ4n) is 5.11. The van der Waals surface area contributed by atoms with Crippen molar-refractivity contribution in [1.29, 1.82) is 0 Å². The van der Waals surface area contributed by atoms with Crippen molar-refractivity contribution in [1.82, 2.24) is 19.1 Å². The second kappa shape index (κ2) is 14.3. The Kier molecular flexibility index (Phi) is 11.4. The van der Waals surface area contributed by atoms with Crippen LogP contribution in [0.3, 0.4) is 0 Å². The second-order valence-electron chi connectivity index (χ2n) is 10.1. The first-order valence-electron chi connectivity index (χ1n) is 13.6. The summed E-state index contributed by atoms with van der Waals surface area (Å²) in [5, 5.41) is 2.64. The molecule has 0 saturated heterocycles. The number of amides is 1. The maximum atomic E-state index is 13.2. The van der Waals surface area contributed by atoms with E-state index in [1.807, 2.05) is 36.4 Å². The van der Waals surface area contributed by atoms with Crippen molar-refractivity contribution in [2.75, 3.05) is 33.7 Å². The Labute approximate surface area is 237 Å². The Morgan fingerprint density at radius 3 is 2.23 bits per heavy atom. The number of fused-ring (bicyclic) bond motifs is 1. The molecular weight excluding hydrogens is 536 g/mol. The number of rotatable bonds is 9. The Balaban J connectivity index is 0.000000320. The first-order valence-corrected chi connectivity index (χ1v) is 15.4. The molecule has 0 spiro atoms. The maximum absolute atomic E-state index is 13.2. The molecule has 0 atom stereocenters. The van der Waals surface area contributed by atoms with Crippen molar-refractivity contribution in [2.24, 2.45) is 0 Å². The fourth-order valence-corrected chi connectivity index (χ4v) is 5.94. The average molecular weight is 577 g/mol. The molecule has 39 heavy (non-hydrogen) atoms. The highest BCUT2D eigenvalue weighted by molar-refractivity contribution is 7.83. The van der Waals surface area contributed by atoms with Crippen molar-refractivity contribution in [2.45, 2.75) is 58.5 Å². The third-order valence-corrected chi connectivity index (χ3v) is 8.01. The van der Waals surface area contributed by atoms with E-state index in [9.17, 15) is 13.2 Å². The Bertz CT molecular complexity index is 1330. The summed E-state index contributed by atoms with van der Waals surface area (Å²) in [5.41, 5.74) is 2.87. The minimum Gasteiger partial charge on any atom is -0.343 e. The molecular formula is C29H41ClN4O4S. The van der Waals surface area contributed by atoms with Crippen molar-refractivity contribution in [3.05, 3.63) is 59.2 Å². The standard InChI is InChI=1S/C23H28ClN3O.C6H13NO3S/c1-5-26(6-2)14-15-27-21(17-10-8-7-9-11-17)20-16-18(24)12-13-19(20)22(27)23(28)25(3)4;8-11(9,10)7-6-4-2-1-3-5-6/h7-13,16H,5-6,14-15H2,1-4H3;6-7H,1-5H2,(H,8,9,10). The van der Waals surface area contributed by atoms with Crippen LogP contribution in [0.15, 0.2) is 48.5 Å². The van der Waals surface area contributed by atoms with E-state index in [1.54, 1.807) is 19.0 Å². The number of nitrogens with zero attached hydrogens (tertiary/aromatic N) is 3. The molecule has 2 aromatic carbocycles. The molecule has 1 amide bonds. The molecule has 0 bridgehead atoms. The predicted molar refractivity (Wildman–Crippen MR) is 160 cm³/mol. The molecule has 1 fully saturated rings. The third-order valence-electron chi connectivity index (χ3n) is 7.14. The van der Waals surface area contributed by atoms with Crippen molar-refractivity contribution in [3.63, 3.8) is 0 Å². The number of carbonyl (C=O) groups is 1. The van der Waals surface area contributed by atoms with Gasteiger partial charge in [0.05, 0.1) is 5.69 Å². The summed E-state index contributed by atoms with van der Waals surface area (Å²) < 4.78 is 33.5. The minimum absolute atomic E-state index is 0.00838. The van der Waals surface area contributed by atoms with Gasteiger partial charge in [-0.1, -0.05) is 81.1 Å². The van der Waals surface area contributed by atoms with E-state index in [-0.39, 0.29) is 11.9 Å². The van der Waals surface area contributed by atoms with Crippen LogP contribution in [0.1, 0.15) is 56.4 Å². The third kappa shape index (κ3) is 8.53. The van der Waals surface area contributed by atoms with E-state index >= 15 is 0 Å². The molecule has 2 N–H and O–H groups in total. The quantitative estimate of drug-likeness (QED) is 0.318. The minimum atomic E-state index is -3.97. The highest BCUT2D eigenvalue weighted by atomic mass is 35.5. The van der Waals surface area contributed by atoms with E-state index in [4.69, 9.17) is 16.2 Å². The predicted octanol–water partition coefficient (Wildman–Crippen LogP) is 5.72. The first kappa shape index (κ1) is 31.1. The molecule has 0 unspecified atom stereocenters. The lowest BCUT2D eigenvalue weighted by Crippen LogP contribution is -2.35. The molecule has 1 saturated carbocycles. The summed E-state index contributed by atoms with van der Waals surface area (Å²) in [6, 6.07) is 16.0. The zero-order valence-corrected chi connectivity index (χ0v) is 24.9. The monoisotopic (exact) mass is 576 g/mol. The molecule has 1 aliphatic carbocycles. The summed E-state index contributed by atoms with van der Waals surface area (Å²) in [6.45, 7) is 7.93. The highest BCUT2D eigenvalue weighted by Gasteiger charge is 2.24. The lowest BCUT2D eigenvalue weighted by molar-refractivity contribution is 0.0818. The van der Waals surface area contributed by atoms with Gasteiger partial charge in [0, 0.05) is 49.0 Å². The van der Waals surface area contributed by atoms with Crippen LogP contribution >= 0.6 is 11.6 Å². The molecule has 10 heteroatoms. The SMILES string of the molecule is CCN(CC)CCn1c(C(=O)N(C)C)c2ccc(Cl)cc2c1-c1ccccc1.O=S(=O)(O)NC1CCCCC1. The van der Waals surface area contributed by atoms with E-state index in [2.05, 4.69) is 40.2 Å². The zero-order chi connectivity index (χ0) is 28.6. The van der Waals surface area contributed by atoms with E-state index in [0.29, 0.717) is 5.02 Å². The van der Waals surface area contributed by atoms with Gasteiger partial charge in [-0.25, -0.2) is 0 Å². The van der Waals surface area contributed by atoms with Crippen molar-refractivity contribution >= 4 is 38.6 Å². The number of nitrogens with one attached hydrogen (secondary N) is 1. The second-order valence-corrected chi connectivity index (χ2v) is 11.7. The highest BCUT2D eigenvalue weighted by Crippen LogP contribution is 2.36. The molecule has 0 aliphatic heterocycles. The largest absolute Gasteiger partial charge is 0.343 e. The molecule has 8 nitrogen and oxygen atoms in total. The van der Waals surface area contributed by atoms with Crippen molar-refractivity contribution in [3.8, 4) is 11.3 Å². The Hall–Kier alpha value is -2.43. The van der Waals surface area contributed by atoms with E-state index in [1.165, 1.54) is 6.42 Å². The molecule has 1 heterocycles. The lowest BCUT2D eigenvalue weighted by Gasteiger charge is -2.21. The van der Waals surface area contributed by atoms with Gasteiger partial charge in [-0.05, 0) is 43.6 Å². The zero-order valence-electron chi connectivity index (χ0n) is 23.4. The number of hydrogen-bond donors (Lipinski definition) is 2. The van der Waals surface area contributed by atoms with Crippen LogP contribution in [0.25, 0.3) is 22.0 Å². The Morgan fingerprint density at radius 1 is 1.03 bits per heavy atom. The summed E-state index contributed by atoms with van der Waals surface area (Å²) >= 11 is 6.34. The topological polar surface area (TPSA) is 94.9 Å². The molecule has 214 valence electrons. The maximum Gasteiger partial charge on any atom is 0.333 e. The molecule has 1 aliphatic rings. The van der Waals surface area contributed by atoms with Gasteiger partial charge < -0.3 is 14.4 Å². The Morgan fingerprint density at radius 2 is 1.67 bits per heavy atom. The van der Waals surface area contributed by atoms with Crippen molar-refractivity contribution < 1.29 is 17.8 Å². The molecule has 4 rings (SSSR count). The molecule has 0 radical (unpaired) electrons. The number of halogens is 1. The lowest BCUT2D eigenvalue weighted by atomic mass is 9.96. The van der Waals surface area contributed by atoms with Gasteiger partial charge in [0.1, 0.15) is 5.69 Å². The van der Waals surface area contributed by atoms with Crippen LogP contribution in [0.4, 0.5) is 0 Å². The van der Waals surface area contributed by atoms with Crippen LogP contribution in [0.5, 0.6) is 0 Å². The number of hydrogen-bond acceptors (Lipinski definition) is 4. The fraction of sp³-hybridized carbons (Fsp3) is 0.483. The first-order chi connectivity index (χ1) is 18.6. The van der Waals surface area contributed by atoms with Gasteiger partial charge in [-0.2, -0.15) is 13.1 Å². The number of carbonyl (C=O) groups excluding carboxylic acids is 1. The van der Waals surface area contributed by atoms with Gasteiger partial charge in [-0.3, -0.25) is 9.35 Å². The summed E-state index contributed by atoms with van der Waals surface area (Å²) in [4.78, 5) is 17.2. The number of aromatic nitrogens is 1. The van der Waals surface area contributed by atoms with Gasteiger partial charge in [0.15, 0.2) is 0 Å². The summed E-state index contributed by atoms with van der Waals surface area (Å²) in [5.74, 6) is 0.00838. The average Bonchev–Trinajstić information content (AvgIpc) is 3.22. The number of benzene rings is 2. The van der Waals surface area contributed by atoms with Crippen LogP contribution in [0.2, 0.25) is 5.02 Å². The van der Waals surface area contributed by atoms with Gasteiger partial charge in [0.25, 0.3) is 5.91 Å². The van der Waals surface area contributed by atoms with E-state index < -0.39 is 10.3 Å². The van der Waals surface area contributed by atoms with Gasteiger partial charge >= 0.3 is 10.3 Å². The summed E-state index contributed by atoms with van der Waals surface area (Å²) in [7, 11) is -0.375.